The van der Waals surface area contributed by atoms with Crippen molar-refractivity contribution in [2.24, 2.45) is 0 Å². The molecule has 0 amide bonds. The van der Waals surface area contributed by atoms with Crippen LogP contribution in [0, 0.1) is 0 Å². The molecule has 2 rings (SSSR count). The van der Waals surface area contributed by atoms with E-state index in [0.717, 1.165) is 11.1 Å². The highest BCUT2D eigenvalue weighted by Gasteiger charge is 2.07. The number of nitrogens with zero attached hydrogens (tertiary/aromatic N) is 1. The molecule has 0 bridgehead atoms. The molecule has 1 aromatic carbocycles. The Labute approximate surface area is 106 Å². The summed E-state index contributed by atoms with van der Waals surface area (Å²) in [5.74, 6) is 0. The molecule has 3 nitrogen and oxygen atoms in total. The number of nitrogens with one attached hydrogen (secondary N) is 1. The Morgan fingerprint density at radius 1 is 1.41 bits per heavy atom. The summed E-state index contributed by atoms with van der Waals surface area (Å²) < 4.78 is 8.97. The Kier molecular flexibility index (Phi) is 4.45. The first-order valence-electron chi connectivity index (χ1n) is 6.07. The topological polar surface area (TPSA) is 38.1 Å². The molecule has 92 valence electrons. The van der Waals surface area contributed by atoms with Gasteiger partial charge in [-0.05, 0) is 25.5 Å². The Morgan fingerprint density at radius 3 is 3.00 bits per heavy atom. The van der Waals surface area contributed by atoms with Crippen molar-refractivity contribution < 1.29 is 4.42 Å². The van der Waals surface area contributed by atoms with Crippen LogP contribution in [0.25, 0.3) is 11.1 Å². The van der Waals surface area contributed by atoms with E-state index in [9.17, 15) is 0 Å². The van der Waals surface area contributed by atoms with Gasteiger partial charge in [0.1, 0.15) is 5.52 Å². The van der Waals surface area contributed by atoms with Crippen LogP contribution >= 0.6 is 11.9 Å². The Balaban J connectivity index is 1.90. The van der Waals surface area contributed by atoms with Gasteiger partial charge in [0.05, 0.1) is 0 Å². The van der Waals surface area contributed by atoms with Crippen LogP contribution in [0.3, 0.4) is 0 Å². The van der Waals surface area contributed by atoms with E-state index >= 15 is 0 Å². The molecule has 0 saturated heterocycles. The van der Waals surface area contributed by atoms with Crippen LogP contribution in [0.1, 0.15) is 33.1 Å². The lowest BCUT2D eigenvalue weighted by molar-refractivity contribution is 0.485. The number of hydrogen-bond donors (Lipinski definition) is 1. The summed E-state index contributed by atoms with van der Waals surface area (Å²) in [6, 6.07) is 8.31. The van der Waals surface area contributed by atoms with E-state index in [2.05, 4.69) is 23.6 Å². The summed E-state index contributed by atoms with van der Waals surface area (Å²) in [6.45, 7) is 4.39. The molecule has 1 unspecified atom stereocenters. The second-order valence-corrected chi connectivity index (χ2v) is 5.00. The molecule has 4 heteroatoms. The Hall–Kier alpha value is -1.00. The van der Waals surface area contributed by atoms with Crippen molar-refractivity contribution in [2.75, 3.05) is 0 Å². The third kappa shape index (κ3) is 3.48. The highest BCUT2D eigenvalue weighted by molar-refractivity contribution is 7.97. The van der Waals surface area contributed by atoms with Crippen molar-refractivity contribution in [3.05, 3.63) is 24.3 Å². The van der Waals surface area contributed by atoms with Crippen LogP contribution in [-0.4, -0.2) is 11.0 Å². The molecule has 2 aromatic rings. The summed E-state index contributed by atoms with van der Waals surface area (Å²) in [7, 11) is 0. The quantitative estimate of drug-likeness (QED) is 0.786. The molecule has 1 N–H and O–H groups in total. The lowest BCUT2D eigenvalue weighted by atomic mass is 10.2. The van der Waals surface area contributed by atoms with E-state index in [1.54, 1.807) is 0 Å². The van der Waals surface area contributed by atoms with E-state index in [4.69, 9.17) is 4.42 Å². The van der Waals surface area contributed by atoms with Crippen LogP contribution in [0.4, 0.5) is 0 Å². The van der Waals surface area contributed by atoms with Gasteiger partial charge in [-0.25, -0.2) is 4.98 Å². The number of hydrogen-bond acceptors (Lipinski definition) is 4. The van der Waals surface area contributed by atoms with Gasteiger partial charge < -0.3 is 4.42 Å². The lowest BCUT2D eigenvalue weighted by Gasteiger charge is -2.09. The van der Waals surface area contributed by atoms with E-state index in [-0.39, 0.29) is 0 Å². The van der Waals surface area contributed by atoms with Crippen molar-refractivity contribution >= 4 is 23.0 Å². The number of aromatic nitrogens is 1. The number of para-hydroxylation sites is 2. The third-order valence-corrected chi connectivity index (χ3v) is 3.48. The summed E-state index contributed by atoms with van der Waals surface area (Å²) in [4.78, 5) is 4.40. The summed E-state index contributed by atoms with van der Waals surface area (Å²) in [6.07, 6.45) is 3.67. The van der Waals surface area contributed by atoms with Crippen LogP contribution in [-0.2, 0) is 0 Å². The molecule has 0 aliphatic rings. The van der Waals surface area contributed by atoms with Gasteiger partial charge in [-0.2, -0.15) is 0 Å². The van der Waals surface area contributed by atoms with Gasteiger partial charge in [-0.3, -0.25) is 4.72 Å². The molecule has 1 heterocycles. The first-order chi connectivity index (χ1) is 8.29. The van der Waals surface area contributed by atoms with E-state index in [0.29, 0.717) is 11.3 Å². The molecular weight excluding hydrogens is 232 g/mol. The minimum absolute atomic E-state index is 0.481. The van der Waals surface area contributed by atoms with Crippen molar-refractivity contribution in [1.29, 1.82) is 0 Å². The first kappa shape index (κ1) is 12.5. The van der Waals surface area contributed by atoms with Gasteiger partial charge in [0.2, 0.25) is 0 Å². The molecule has 0 aliphatic carbocycles. The third-order valence-electron chi connectivity index (χ3n) is 2.61. The fourth-order valence-corrected chi connectivity index (χ4v) is 2.31. The molecule has 0 radical (unpaired) electrons. The van der Waals surface area contributed by atoms with Crippen molar-refractivity contribution in [3.8, 4) is 0 Å². The second kappa shape index (κ2) is 6.07. The summed E-state index contributed by atoms with van der Waals surface area (Å²) >= 11 is 1.48. The molecule has 1 aromatic heterocycles. The van der Waals surface area contributed by atoms with Crippen molar-refractivity contribution in [2.45, 2.75) is 44.4 Å². The average molecular weight is 250 g/mol. The van der Waals surface area contributed by atoms with Gasteiger partial charge >= 0.3 is 0 Å². The number of unbranched alkanes of at least 4 members (excludes halogenated alkanes) is 1. The fourth-order valence-electron chi connectivity index (χ4n) is 1.61. The van der Waals surface area contributed by atoms with Gasteiger partial charge in [0, 0.05) is 18.0 Å². The van der Waals surface area contributed by atoms with Crippen molar-refractivity contribution in [1.82, 2.24) is 9.71 Å². The highest BCUT2D eigenvalue weighted by atomic mass is 32.2. The second-order valence-electron chi connectivity index (χ2n) is 4.21. The zero-order valence-corrected chi connectivity index (χ0v) is 11.1. The van der Waals surface area contributed by atoms with Crippen LogP contribution in [0.15, 0.2) is 33.9 Å². The molecule has 0 aliphatic heterocycles. The summed E-state index contributed by atoms with van der Waals surface area (Å²) in [5, 5.41) is 0.689. The molecule has 1 atom stereocenters. The molecule has 0 saturated carbocycles. The predicted octanol–water partition coefficient (Wildman–Crippen LogP) is 4.00. The Morgan fingerprint density at radius 2 is 2.24 bits per heavy atom. The van der Waals surface area contributed by atoms with Gasteiger partial charge in [-0.1, -0.05) is 31.9 Å². The molecule has 0 fully saturated rings. The first-order valence-corrected chi connectivity index (χ1v) is 6.89. The number of rotatable bonds is 6. The van der Waals surface area contributed by atoms with E-state index in [1.165, 1.54) is 31.2 Å². The van der Waals surface area contributed by atoms with E-state index in [1.807, 2.05) is 24.3 Å². The smallest absolute Gasteiger partial charge is 0.272 e. The number of oxazole rings is 1. The highest BCUT2D eigenvalue weighted by Crippen LogP contribution is 2.21. The lowest BCUT2D eigenvalue weighted by Crippen LogP contribution is -2.18. The molecular formula is C13H18N2OS. The maximum atomic E-state index is 5.61. The zero-order valence-electron chi connectivity index (χ0n) is 10.3. The Bertz CT molecular complexity index is 436. The SMILES string of the molecule is CCCCC(C)NSc1nc2ccccc2o1. The van der Waals surface area contributed by atoms with Gasteiger partial charge in [0.15, 0.2) is 5.58 Å². The van der Waals surface area contributed by atoms with Crippen molar-refractivity contribution in [3.63, 3.8) is 0 Å². The number of fused-ring (bicyclic) bond motifs is 1. The van der Waals surface area contributed by atoms with Gasteiger partial charge in [-0.15, -0.1) is 0 Å². The largest absolute Gasteiger partial charge is 0.430 e. The van der Waals surface area contributed by atoms with Crippen LogP contribution in [0.2, 0.25) is 0 Å². The summed E-state index contributed by atoms with van der Waals surface area (Å²) in [5.41, 5.74) is 1.76. The standard InChI is InChI=1S/C13H18N2OS/c1-3-4-7-10(2)15-17-13-14-11-8-5-6-9-12(11)16-13/h5-6,8-10,15H,3-4,7H2,1-2H3. The maximum absolute atomic E-state index is 5.61. The predicted molar refractivity (Wildman–Crippen MR) is 72.0 cm³/mol. The van der Waals surface area contributed by atoms with Crippen LogP contribution < -0.4 is 4.72 Å². The van der Waals surface area contributed by atoms with E-state index < -0.39 is 0 Å². The monoisotopic (exact) mass is 250 g/mol. The molecule has 0 spiro atoms. The maximum Gasteiger partial charge on any atom is 0.272 e. The zero-order chi connectivity index (χ0) is 12.1. The van der Waals surface area contributed by atoms with Gasteiger partial charge in [0.25, 0.3) is 5.22 Å². The number of benzene rings is 1. The van der Waals surface area contributed by atoms with Crippen LogP contribution in [0.5, 0.6) is 0 Å². The normalized spacial score (nSPS) is 13.1. The minimum atomic E-state index is 0.481. The fraction of sp³-hybridized carbons (Fsp3) is 0.462. The molecule has 17 heavy (non-hydrogen) atoms. The average Bonchev–Trinajstić information content (AvgIpc) is 2.76. The minimum Gasteiger partial charge on any atom is -0.430 e.